The fourth-order valence-electron chi connectivity index (χ4n) is 3.01. The molecule has 2 heteroatoms. The molecule has 0 radical (unpaired) electrons. The van der Waals surface area contributed by atoms with Gasteiger partial charge in [0.15, 0.2) is 0 Å². The van der Waals surface area contributed by atoms with Gasteiger partial charge in [0.2, 0.25) is 0 Å². The Morgan fingerprint density at radius 2 is 2.00 bits per heavy atom. The molecule has 1 fully saturated rings. The molecule has 1 rings (SSSR count). The van der Waals surface area contributed by atoms with E-state index in [9.17, 15) is 5.11 Å². The summed E-state index contributed by atoms with van der Waals surface area (Å²) in [6.45, 7) is 12.4. The highest BCUT2D eigenvalue weighted by molar-refractivity contribution is 4.83. The number of hydrogen-bond acceptors (Lipinski definition) is 2. The Bertz CT molecular complexity index is 217. The smallest absolute Gasteiger partial charge is 0.0565 e. The zero-order valence-electron chi connectivity index (χ0n) is 12.2. The van der Waals surface area contributed by atoms with Gasteiger partial charge in [-0.15, -0.1) is 0 Å². The summed E-state index contributed by atoms with van der Waals surface area (Å²) in [5, 5.41) is 9.96. The van der Waals surface area contributed by atoms with Gasteiger partial charge in [-0.1, -0.05) is 20.8 Å². The molecule has 17 heavy (non-hydrogen) atoms. The predicted molar refractivity (Wildman–Crippen MR) is 74.2 cm³/mol. The minimum Gasteiger partial charge on any atom is -0.393 e. The van der Waals surface area contributed by atoms with Gasteiger partial charge < -0.3 is 10.0 Å². The Kier molecular flexibility index (Phi) is 5.94. The molecule has 1 aliphatic rings. The van der Waals surface area contributed by atoms with Crippen molar-refractivity contribution in [3.63, 3.8) is 0 Å². The lowest BCUT2D eigenvalue weighted by molar-refractivity contribution is 0.0275. The van der Waals surface area contributed by atoms with Gasteiger partial charge in [0.1, 0.15) is 0 Å². The topological polar surface area (TPSA) is 23.5 Å². The van der Waals surface area contributed by atoms with Crippen LogP contribution in [0.3, 0.4) is 0 Å². The zero-order valence-corrected chi connectivity index (χ0v) is 12.2. The lowest BCUT2D eigenvalue weighted by atomic mass is 9.73. The van der Waals surface area contributed by atoms with Crippen molar-refractivity contribution >= 4 is 0 Å². The molecule has 3 atom stereocenters. The van der Waals surface area contributed by atoms with Gasteiger partial charge in [-0.05, 0) is 70.0 Å². The normalized spacial score (nSPS) is 28.4. The molecular weight excluding hydrogens is 210 g/mol. The van der Waals surface area contributed by atoms with Crippen LogP contribution in [0.15, 0.2) is 0 Å². The molecule has 0 spiro atoms. The summed E-state index contributed by atoms with van der Waals surface area (Å²) in [5.74, 6) is 0.811. The van der Waals surface area contributed by atoms with Gasteiger partial charge >= 0.3 is 0 Å². The van der Waals surface area contributed by atoms with E-state index in [1.807, 2.05) is 6.92 Å². The zero-order chi connectivity index (χ0) is 12.9. The molecule has 0 aliphatic carbocycles. The van der Waals surface area contributed by atoms with Crippen molar-refractivity contribution in [2.24, 2.45) is 11.3 Å². The first-order valence-corrected chi connectivity index (χ1v) is 7.42. The highest BCUT2D eigenvalue weighted by atomic mass is 16.3. The Morgan fingerprint density at radius 1 is 1.29 bits per heavy atom. The summed E-state index contributed by atoms with van der Waals surface area (Å²) in [7, 11) is 0. The van der Waals surface area contributed by atoms with Crippen LogP contribution in [0.4, 0.5) is 0 Å². The molecule has 0 aromatic heterocycles. The maximum atomic E-state index is 9.96. The molecule has 1 heterocycles. The van der Waals surface area contributed by atoms with Crippen LogP contribution in [0, 0.1) is 11.3 Å². The van der Waals surface area contributed by atoms with Gasteiger partial charge in [-0.3, -0.25) is 0 Å². The Morgan fingerprint density at radius 3 is 2.53 bits per heavy atom. The second-order valence-electron chi connectivity index (χ2n) is 6.12. The van der Waals surface area contributed by atoms with E-state index in [4.69, 9.17) is 0 Å². The average molecular weight is 241 g/mol. The van der Waals surface area contributed by atoms with Crippen LogP contribution in [-0.4, -0.2) is 35.7 Å². The van der Waals surface area contributed by atoms with Crippen molar-refractivity contribution in [3.8, 4) is 0 Å². The Hall–Kier alpha value is -0.0800. The first kappa shape index (κ1) is 15.0. The Balaban J connectivity index is 2.50. The third kappa shape index (κ3) is 4.26. The minimum absolute atomic E-state index is 0.117. The number of aliphatic hydroxyl groups excluding tert-OH is 1. The van der Waals surface area contributed by atoms with E-state index in [0.29, 0.717) is 0 Å². The molecule has 1 N–H and O–H groups in total. The highest BCUT2D eigenvalue weighted by Gasteiger charge is 2.31. The third-order valence-corrected chi connectivity index (χ3v) is 4.96. The molecule has 102 valence electrons. The van der Waals surface area contributed by atoms with Crippen molar-refractivity contribution in [1.29, 1.82) is 0 Å². The van der Waals surface area contributed by atoms with Crippen LogP contribution in [-0.2, 0) is 0 Å². The quantitative estimate of drug-likeness (QED) is 0.798. The fraction of sp³-hybridized carbons (Fsp3) is 1.00. The van der Waals surface area contributed by atoms with Crippen molar-refractivity contribution in [1.82, 2.24) is 4.90 Å². The summed E-state index contributed by atoms with van der Waals surface area (Å²) in [5.41, 5.74) is 0.117. The predicted octanol–water partition coefficient (Wildman–Crippen LogP) is 3.30. The van der Waals surface area contributed by atoms with Crippen LogP contribution >= 0.6 is 0 Å². The SMILES string of the molecule is CCN1CCCC(CC(C)(CC)[C@@H](C)O)CC1. The molecule has 0 amide bonds. The van der Waals surface area contributed by atoms with Crippen molar-refractivity contribution < 1.29 is 5.11 Å². The van der Waals surface area contributed by atoms with E-state index < -0.39 is 0 Å². The lowest BCUT2D eigenvalue weighted by Gasteiger charge is -2.35. The number of aliphatic hydroxyl groups is 1. The molecule has 0 bridgehead atoms. The summed E-state index contributed by atoms with van der Waals surface area (Å²) in [6.07, 6.45) is 6.09. The van der Waals surface area contributed by atoms with Crippen molar-refractivity contribution in [2.45, 2.75) is 65.9 Å². The van der Waals surface area contributed by atoms with E-state index in [1.54, 1.807) is 0 Å². The van der Waals surface area contributed by atoms with E-state index in [-0.39, 0.29) is 11.5 Å². The van der Waals surface area contributed by atoms with Crippen LogP contribution in [0.2, 0.25) is 0 Å². The summed E-state index contributed by atoms with van der Waals surface area (Å²) >= 11 is 0. The molecule has 1 aliphatic heterocycles. The second kappa shape index (κ2) is 6.75. The van der Waals surface area contributed by atoms with Crippen molar-refractivity contribution in [3.05, 3.63) is 0 Å². The maximum Gasteiger partial charge on any atom is 0.0565 e. The van der Waals surface area contributed by atoms with Gasteiger partial charge in [0.05, 0.1) is 6.10 Å². The molecule has 2 nitrogen and oxygen atoms in total. The second-order valence-corrected chi connectivity index (χ2v) is 6.12. The monoisotopic (exact) mass is 241 g/mol. The summed E-state index contributed by atoms with van der Waals surface area (Å²) in [6, 6.07) is 0. The standard InChI is InChI=1S/C15H31NO/c1-5-15(4,13(3)17)12-14-8-7-10-16(6-2)11-9-14/h13-14,17H,5-12H2,1-4H3/t13-,14?,15?/m1/s1. The molecule has 2 unspecified atom stereocenters. The van der Waals surface area contributed by atoms with Crippen LogP contribution in [0.5, 0.6) is 0 Å². The van der Waals surface area contributed by atoms with E-state index >= 15 is 0 Å². The number of likely N-dealkylation sites (tertiary alicyclic amines) is 1. The first-order chi connectivity index (χ1) is 8.01. The Labute approximate surface area is 107 Å². The fourth-order valence-corrected chi connectivity index (χ4v) is 3.01. The van der Waals surface area contributed by atoms with Crippen LogP contribution in [0.25, 0.3) is 0 Å². The first-order valence-electron chi connectivity index (χ1n) is 7.42. The third-order valence-electron chi connectivity index (χ3n) is 4.96. The highest BCUT2D eigenvalue weighted by Crippen LogP contribution is 2.37. The van der Waals surface area contributed by atoms with Crippen LogP contribution < -0.4 is 0 Å². The number of rotatable bonds is 5. The molecular formula is C15H31NO. The molecule has 0 aromatic rings. The largest absolute Gasteiger partial charge is 0.393 e. The van der Waals surface area contributed by atoms with Crippen molar-refractivity contribution in [2.75, 3.05) is 19.6 Å². The summed E-state index contributed by atoms with van der Waals surface area (Å²) in [4.78, 5) is 2.56. The van der Waals surface area contributed by atoms with E-state index in [1.165, 1.54) is 45.3 Å². The van der Waals surface area contributed by atoms with E-state index in [0.717, 1.165) is 12.3 Å². The van der Waals surface area contributed by atoms with Gasteiger partial charge in [-0.2, -0.15) is 0 Å². The summed E-state index contributed by atoms with van der Waals surface area (Å²) < 4.78 is 0. The van der Waals surface area contributed by atoms with E-state index in [2.05, 4.69) is 25.7 Å². The minimum atomic E-state index is -0.182. The maximum absolute atomic E-state index is 9.96. The number of nitrogens with zero attached hydrogens (tertiary/aromatic N) is 1. The molecule has 0 aromatic carbocycles. The van der Waals surface area contributed by atoms with Crippen LogP contribution in [0.1, 0.15) is 59.8 Å². The molecule has 1 saturated heterocycles. The van der Waals surface area contributed by atoms with Gasteiger partial charge in [-0.25, -0.2) is 0 Å². The van der Waals surface area contributed by atoms with Gasteiger partial charge in [0, 0.05) is 0 Å². The average Bonchev–Trinajstić information content (AvgIpc) is 2.53. The van der Waals surface area contributed by atoms with Gasteiger partial charge in [0.25, 0.3) is 0 Å². The molecule has 0 saturated carbocycles. The number of hydrogen-bond donors (Lipinski definition) is 1. The lowest BCUT2D eigenvalue weighted by Crippen LogP contribution is -2.32.